The fourth-order valence-electron chi connectivity index (χ4n) is 3.83. The van der Waals surface area contributed by atoms with Crippen LogP contribution in [0.5, 0.6) is 0 Å². The van der Waals surface area contributed by atoms with Gasteiger partial charge in [-0.2, -0.15) is 0 Å². The zero-order valence-corrected chi connectivity index (χ0v) is 31.9. The molecule has 4 N–H and O–H groups in total. The van der Waals surface area contributed by atoms with Gasteiger partial charge in [0.2, 0.25) is 11.8 Å². The highest BCUT2D eigenvalue weighted by Gasteiger charge is 2.47. The van der Waals surface area contributed by atoms with Crippen LogP contribution in [-0.4, -0.2) is 137 Å². The average molecular weight is 753 g/mol. The van der Waals surface area contributed by atoms with Crippen LogP contribution < -0.4 is 10.6 Å². The van der Waals surface area contributed by atoms with Gasteiger partial charge in [-0.25, -0.2) is 4.57 Å². The number of carbonyl (C=O) groups is 2. The first-order valence-corrected chi connectivity index (χ1v) is 22.2. The fraction of sp³-hybridized carbons (Fsp3) is 0.926. The van der Waals surface area contributed by atoms with Crippen LogP contribution in [0.25, 0.3) is 0 Å². The first kappa shape index (κ1) is 44.8. The first-order chi connectivity index (χ1) is 22.1. The van der Waals surface area contributed by atoms with Crippen LogP contribution in [-0.2, 0) is 51.7 Å². The van der Waals surface area contributed by atoms with Gasteiger partial charge in [-0.05, 0) is 20.3 Å². The zero-order valence-electron chi connectivity index (χ0n) is 28.5. The second kappa shape index (κ2) is 24.1. The van der Waals surface area contributed by atoms with E-state index in [0.717, 1.165) is 0 Å². The number of carbonyl (C=O) groups excluding carboxylic acids is 2. The predicted octanol–water partition coefficient (Wildman–Crippen LogP) is 2.13. The van der Waals surface area contributed by atoms with E-state index in [1.54, 1.807) is 17.7 Å². The first-order valence-electron chi connectivity index (χ1n) is 15.8. The molecule has 15 nitrogen and oxygen atoms in total. The molecule has 1 saturated heterocycles. The molecular formula is C27H55BN2O13P2S2. The summed E-state index contributed by atoms with van der Waals surface area (Å²) in [5.74, 6) is 0.190. The number of ether oxygens (including phenoxy) is 6. The van der Waals surface area contributed by atoms with E-state index in [0.29, 0.717) is 78.1 Å². The lowest BCUT2D eigenvalue weighted by atomic mass is 9.96. The van der Waals surface area contributed by atoms with Crippen molar-refractivity contribution in [1.29, 1.82) is 0 Å². The zero-order chi connectivity index (χ0) is 35.3. The van der Waals surface area contributed by atoms with Crippen LogP contribution in [0.3, 0.4) is 0 Å². The molecule has 3 unspecified atom stereocenters. The minimum Gasteiger partial charge on any atom is -0.379 e. The van der Waals surface area contributed by atoms with Crippen molar-refractivity contribution in [3.8, 4) is 0 Å². The Bertz CT molecular complexity index is 1000. The average Bonchev–Trinajstić information content (AvgIpc) is 3.37. The maximum absolute atomic E-state index is 12.4. The molecule has 0 spiro atoms. The molecule has 2 amide bonds. The van der Waals surface area contributed by atoms with E-state index in [1.165, 1.54) is 24.6 Å². The Morgan fingerprint density at radius 3 is 2.11 bits per heavy atom. The summed E-state index contributed by atoms with van der Waals surface area (Å²) >= 11 is 0. The Kier molecular flexibility index (Phi) is 23.0. The summed E-state index contributed by atoms with van der Waals surface area (Å²) in [5.41, 5.74) is -0.913. The smallest absolute Gasteiger partial charge is 0.379 e. The summed E-state index contributed by atoms with van der Waals surface area (Å²) in [6.07, 6.45) is 0.196. The molecule has 0 aliphatic carbocycles. The number of nitrogens with one attached hydrogen (secondary N) is 2. The summed E-state index contributed by atoms with van der Waals surface area (Å²) in [6, 6.07) is -0.159. The van der Waals surface area contributed by atoms with Crippen molar-refractivity contribution < 1.29 is 61.5 Å². The van der Waals surface area contributed by atoms with Crippen LogP contribution >= 0.6 is 35.9 Å². The van der Waals surface area contributed by atoms with Gasteiger partial charge in [0, 0.05) is 42.3 Å². The Morgan fingerprint density at radius 2 is 1.53 bits per heavy atom. The third kappa shape index (κ3) is 19.7. The molecule has 47 heavy (non-hydrogen) atoms. The van der Waals surface area contributed by atoms with Crippen LogP contribution in [0.4, 0.5) is 0 Å². The van der Waals surface area contributed by atoms with Crippen molar-refractivity contribution >= 4 is 55.6 Å². The van der Waals surface area contributed by atoms with E-state index in [9.17, 15) is 28.5 Å². The number of hydrogen-bond acceptors (Lipinski definition) is 13. The predicted molar refractivity (Wildman–Crippen MR) is 186 cm³/mol. The summed E-state index contributed by atoms with van der Waals surface area (Å²) < 4.78 is 62.7. The van der Waals surface area contributed by atoms with Gasteiger partial charge in [-0.15, -0.1) is 0 Å². The van der Waals surface area contributed by atoms with Crippen LogP contribution in [0.1, 0.15) is 53.9 Å². The lowest BCUT2D eigenvalue weighted by Gasteiger charge is -2.25. The van der Waals surface area contributed by atoms with Gasteiger partial charge in [0.1, 0.15) is 19.9 Å². The van der Waals surface area contributed by atoms with Gasteiger partial charge in [-0.1, -0.05) is 42.4 Å². The molecule has 1 rings (SSSR count). The highest BCUT2D eigenvalue weighted by atomic mass is 33.1. The molecule has 0 aromatic heterocycles. The fourth-order valence-corrected chi connectivity index (χ4v) is 9.54. The second-order valence-electron chi connectivity index (χ2n) is 11.7. The molecular weight excluding hydrogens is 697 g/mol. The van der Waals surface area contributed by atoms with E-state index in [2.05, 4.69) is 10.6 Å². The van der Waals surface area contributed by atoms with Gasteiger partial charge >= 0.3 is 14.3 Å². The van der Waals surface area contributed by atoms with Crippen molar-refractivity contribution in [2.24, 2.45) is 0 Å². The Morgan fingerprint density at radius 1 is 0.957 bits per heavy atom. The molecule has 1 aliphatic rings. The minimum absolute atomic E-state index is 0.00230. The van der Waals surface area contributed by atoms with Crippen molar-refractivity contribution in [2.75, 3.05) is 78.5 Å². The summed E-state index contributed by atoms with van der Waals surface area (Å²) in [7, 11) is -4.28. The van der Waals surface area contributed by atoms with Gasteiger partial charge < -0.3 is 48.8 Å². The van der Waals surface area contributed by atoms with E-state index in [4.69, 9.17) is 32.9 Å². The van der Waals surface area contributed by atoms with Gasteiger partial charge in [0.15, 0.2) is 0 Å². The van der Waals surface area contributed by atoms with Gasteiger partial charge in [-0.3, -0.25) is 18.7 Å². The molecule has 5 atom stereocenters. The molecule has 0 aromatic rings. The normalized spacial score (nSPS) is 21.0. The Hall–Kier alpha value is -0.195. The number of amides is 2. The SMILES string of the molecule is B[C@H]1C[C@@H](OCSSC(C)(C)CNC(=O)CCOCCOCCOCCOCCNC(=O)CC)C(COP(=O)(O)P(=O)(O)C(C)C)O1. The topological polar surface area (TPSA) is 197 Å². The molecule has 1 heterocycles. The minimum atomic E-state index is -4.74. The molecule has 276 valence electrons. The standard InChI is InChI=1S/C27H55BN2O13P2S2/c1-6-25(31)29-8-10-38-12-14-40-16-15-39-13-11-37-9-7-26(32)30-19-27(4,5)47-46-20-41-22-17-24(28)43-23(22)18-42-45(35,36)44(33,34)21(2)3/h21-24H,6-20,28H2,1-5H3,(H,29,31)(H,30,32)(H,33,34)(H,35,36)/t22-,23?,24-/m1/s1. The van der Waals surface area contributed by atoms with E-state index in [1.807, 2.05) is 21.7 Å². The van der Waals surface area contributed by atoms with E-state index in [-0.39, 0.29) is 42.2 Å². The van der Waals surface area contributed by atoms with Crippen molar-refractivity contribution in [3.05, 3.63) is 0 Å². The molecule has 20 heteroatoms. The third-order valence-electron chi connectivity index (χ3n) is 6.63. The molecule has 1 aliphatic heterocycles. The number of rotatable bonds is 28. The van der Waals surface area contributed by atoms with Gasteiger partial charge in [0.05, 0.1) is 65.6 Å². The van der Waals surface area contributed by atoms with E-state index >= 15 is 0 Å². The Labute approximate surface area is 288 Å². The highest BCUT2D eigenvalue weighted by molar-refractivity contribution is 8.77. The number of hydrogen-bond donors (Lipinski definition) is 4. The van der Waals surface area contributed by atoms with Crippen molar-refractivity contribution in [3.63, 3.8) is 0 Å². The van der Waals surface area contributed by atoms with Crippen LogP contribution in [0.2, 0.25) is 0 Å². The van der Waals surface area contributed by atoms with Crippen LogP contribution in [0.15, 0.2) is 0 Å². The highest BCUT2D eigenvalue weighted by Crippen LogP contribution is 2.79. The summed E-state index contributed by atoms with van der Waals surface area (Å²) in [5, 5.41) is 5.65. The summed E-state index contributed by atoms with van der Waals surface area (Å²) in [4.78, 5) is 43.4. The lowest BCUT2D eigenvalue weighted by molar-refractivity contribution is -0.122. The molecule has 0 aromatic carbocycles. The van der Waals surface area contributed by atoms with E-state index < -0.39 is 32.2 Å². The lowest BCUT2D eigenvalue weighted by Crippen LogP contribution is -2.36. The molecule has 0 saturated carbocycles. The van der Waals surface area contributed by atoms with Crippen LogP contribution in [0, 0.1) is 0 Å². The largest absolute Gasteiger partial charge is 0.410 e. The van der Waals surface area contributed by atoms with Gasteiger partial charge in [0.25, 0.3) is 0 Å². The second-order valence-corrected chi connectivity index (χ2v) is 21.3. The quantitative estimate of drug-likeness (QED) is 0.0298. The Balaban J connectivity index is 2.09. The monoisotopic (exact) mass is 752 g/mol. The molecule has 0 radical (unpaired) electrons. The summed E-state index contributed by atoms with van der Waals surface area (Å²) in [6.45, 7) is 12.4. The maximum atomic E-state index is 12.4. The third-order valence-corrected chi connectivity index (χ3v) is 16.0. The van der Waals surface area contributed by atoms with Crippen molar-refractivity contribution in [1.82, 2.24) is 10.6 Å². The molecule has 0 bridgehead atoms. The maximum Gasteiger partial charge on any atom is 0.410 e. The van der Waals surface area contributed by atoms with Crippen molar-refractivity contribution in [2.45, 2.75) is 82.5 Å². The molecule has 1 fully saturated rings.